The molecule has 2 unspecified atom stereocenters. The van der Waals surface area contributed by atoms with Gasteiger partial charge in [0.1, 0.15) is 17.2 Å². The molecule has 0 bridgehead atoms. The number of benzene rings is 1. The summed E-state index contributed by atoms with van der Waals surface area (Å²) in [6.45, 7) is 2.85. The van der Waals surface area contributed by atoms with E-state index in [9.17, 15) is 13.6 Å². The molecule has 21 heavy (non-hydrogen) atoms. The maximum absolute atomic E-state index is 13.8. The van der Waals surface area contributed by atoms with Crippen molar-refractivity contribution in [3.05, 3.63) is 33.8 Å². The number of carbonyl (C=O) groups is 1. The van der Waals surface area contributed by atoms with Crippen molar-refractivity contribution in [2.24, 2.45) is 11.7 Å². The van der Waals surface area contributed by atoms with Crippen LogP contribution in [0.4, 0.5) is 8.78 Å². The molecule has 1 aliphatic rings. The van der Waals surface area contributed by atoms with Crippen molar-refractivity contribution in [2.45, 2.75) is 25.8 Å². The van der Waals surface area contributed by atoms with E-state index in [0.717, 1.165) is 25.0 Å². The van der Waals surface area contributed by atoms with E-state index in [1.54, 1.807) is 0 Å². The summed E-state index contributed by atoms with van der Waals surface area (Å²) >= 11 is 3.00. The molecule has 1 heterocycles. The SMILES string of the molecule is CC(N)C1CCCN(C(=O)c2c(F)cc(Br)cc2F)C1.Cl. The minimum atomic E-state index is -0.843. The fourth-order valence-electron chi connectivity index (χ4n) is 2.53. The number of hydrogen-bond acceptors (Lipinski definition) is 2. The van der Waals surface area contributed by atoms with Crippen molar-refractivity contribution in [3.63, 3.8) is 0 Å². The summed E-state index contributed by atoms with van der Waals surface area (Å²) in [5, 5.41) is 0. The summed E-state index contributed by atoms with van der Waals surface area (Å²) in [6, 6.07) is 2.16. The highest BCUT2D eigenvalue weighted by Gasteiger charge is 2.29. The van der Waals surface area contributed by atoms with Crippen LogP contribution in [0.1, 0.15) is 30.1 Å². The molecular weight excluding hydrogens is 366 g/mol. The van der Waals surface area contributed by atoms with Crippen molar-refractivity contribution in [3.8, 4) is 0 Å². The molecular formula is C14H18BrClF2N2O. The van der Waals surface area contributed by atoms with Gasteiger partial charge in [-0.15, -0.1) is 12.4 Å². The molecule has 2 N–H and O–H groups in total. The molecule has 118 valence electrons. The van der Waals surface area contributed by atoms with Crippen molar-refractivity contribution < 1.29 is 13.6 Å². The van der Waals surface area contributed by atoms with E-state index >= 15 is 0 Å². The minimum absolute atomic E-state index is 0. The van der Waals surface area contributed by atoms with Crippen LogP contribution >= 0.6 is 28.3 Å². The Morgan fingerprint density at radius 2 is 2.00 bits per heavy atom. The van der Waals surface area contributed by atoms with Gasteiger partial charge in [-0.05, 0) is 37.8 Å². The maximum atomic E-state index is 13.8. The van der Waals surface area contributed by atoms with E-state index in [4.69, 9.17) is 5.73 Å². The highest BCUT2D eigenvalue weighted by Crippen LogP contribution is 2.24. The van der Waals surface area contributed by atoms with E-state index in [1.165, 1.54) is 4.90 Å². The van der Waals surface area contributed by atoms with Crippen molar-refractivity contribution in [2.75, 3.05) is 13.1 Å². The number of rotatable bonds is 2. The van der Waals surface area contributed by atoms with E-state index in [1.807, 2.05) is 6.92 Å². The first kappa shape index (κ1) is 18.3. The number of carbonyl (C=O) groups excluding carboxylic acids is 1. The lowest BCUT2D eigenvalue weighted by molar-refractivity contribution is 0.0651. The van der Waals surface area contributed by atoms with E-state index in [2.05, 4.69) is 15.9 Å². The second-order valence-electron chi connectivity index (χ2n) is 5.26. The predicted molar refractivity (Wildman–Crippen MR) is 83.6 cm³/mol. The summed E-state index contributed by atoms with van der Waals surface area (Å²) < 4.78 is 27.9. The Morgan fingerprint density at radius 1 is 1.43 bits per heavy atom. The number of amides is 1. The normalized spacial score (nSPS) is 19.9. The summed E-state index contributed by atoms with van der Waals surface area (Å²) in [5.41, 5.74) is 5.37. The van der Waals surface area contributed by atoms with Crippen LogP contribution in [0.15, 0.2) is 16.6 Å². The number of likely N-dealkylation sites (tertiary alicyclic amines) is 1. The van der Waals surface area contributed by atoms with Crippen LogP contribution in [-0.4, -0.2) is 29.9 Å². The second kappa shape index (κ2) is 7.51. The summed E-state index contributed by atoms with van der Waals surface area (Å²) in [6.07, 6.45) is 1.74. The molecule has 0 aliphatic carbocycles. The van der Waals surface area contributed by atoms with Crippen molar-refractivity contribution >= 4 is 34.2 Å². The molecule has 0 saturated carbocycles. The molecule has 2 rings (SSSR count). The van der Waals surface area contributed by atoms with Crippen LogP contribution in [0.2, 0.25) is 0 Å². The number of nitrogens with zero attached hydrogens (tertiary/aromatic N) is 1. The molecule has 1 amide bonds. The van der Waals surface area contributed by atoms with Crippen LogP contribution < -0.4 is 5.73 Å². The first-order valence-corrected chi connectivity index (χ1v) is 7.39. The Labute approximate surface area is 137 Å². The summed E-state index contributed by atoms with van der Waals surface area (Å²) in [4.78, 5) is 13.8. The zero-order valence-electron chi connectivity index (χ0n) is 11.6. The molecule has 2 atom stereocenters. The lowest BCUT2D eigenvalue weighted by Gasteiger charge is -2.34. The van der Waals surface area contributed by atoms with Crippen LogP contribution in [-0.2, 0) is 0 Å². The molecule has 0 spiro atoms. The molecule has 1 aromatic rings. The summed E-state index contributed by atoms with van der Waals surface area (Å²) in [7, 11) is 0. The third-order valence-electron chi connectivity index (χ3n) is 3.71. The quantitative estimate of drug-likeness (QED) is 0.851. The Morgan fingerprint density at radius 3 is 2.52 bits per heavy atom. The zero-order valence-corrected chi connectivity index (χ0v) is 14.0. The maximum Gasteiger partial charge on any atom is 0.259 e. The monoisotopic (exact) mass is 382 g/mol. The molecule has 7 heteroatoms. The third-order valence-corrected chi connectivity index (χ3v) is 4.17. The van der Waals surface area contributed by atoms with Gasteiger partial charge in [0.2, 0.25) is 0 Å². The van der Waals surface area contributed by atoms with Crippen LogP contribution in [0.25, 0.3) is 0 Å². The van der Waals surface area contributed by atoms with Gasteiger partial charge in [0.05, 0.1) is 0 Å². The van der Waals surface area contributed by atoms with Gasteiger partial charge in [-0.2, -0.15) is 0 Å². The van der Waals surface area contributed by atoms with Gasteiger partial charge in [-0.3, -0.25) is 4.79 Å². The van der Waals surface area contributed by atoms with Gasteiger partial charge >= 0.3 is 0 Å². The van der Waals surface area contributed by atoms with Gasteiger partial charge in [0.25, 0.3) is 5.91 Å². The Bertz CT molecular complexity index is 505. The van der Waals surface area contributed by atoms with Crippen LogP contribution in [0.3, 0.4) is 0 Å². The van der Waals surface area contributed by atoms with Gasteiger partial charge in [0, 0.05) is 23.6 Å². The number of hydrogen-bond donors (Lipinski definition) is 1. The smallest absolute Gasteiger partial charge is 0.259 e. The molecule has 0 radical (unpaired) electrons. The molecule has 3 nitrogen and oxygen atoms in total. The number of halogens is 4. The number of nitrogens with two attached hydrogens (primary N) is 1. The Hall–Kier alpha value is -0.720. The molecule has 1 saturated heterocycles. The number of piperidine rings is 1. The van der Waals surface area contributed by atoms with Gasteiger partial charge in [-0.1, -0.05) is 15.9 Å². The Balaban J connectivity index is 0.00000220. The predicted octanol–water partition coefficient (Wildman–Crippen LogP) is 3.35. The topological polar surface area (TPSA) is 46.3 Å². The van der Waals surface area contributed by atoms with Crippen LogP contribution in [0, 0.1) is 17.6 Å². The average molecular weight is 384 g/mol. The fraction of sp³-hybridized carbons (Fsp3) is 0.500. The minimum Gasteiger partial charge on any atom is -0.338 e. The molecule has 1 fully saturated rings. The average Bonchev–Trinajstić information content (AvgIpc) is 2.37. The van der Waals surface area contributed by atoms with Gasteiger partial charge in [-0.25, -0.2) is 8.78 Å². The van der Waals surface area contributed by atoms with Crippen LogP contribution in [0.5, 0.6) is 0 Å². The van der Waals surface area contributed by atoms with Crippen molar-refractivity contribution in [1.82, 2.24) is 4.90 Å². The van der Waals surface area contributed by atoms with E-state index in [-0.39, 0.29) is 28.8 Å². The first-order valence-electron chi connectivity index (χ1n) is 6.59. The lowest BCUT2D eigenvalue weighted by Crippen LogP contribution is -2.45. The highest BCUT2D eigenvalue weighted by atomic mass is 79.9. The standard InChI is InChI=1S/C14H17BrF2N2O.ClH/c1-8(18)9-3-2-4-19(7-9)14(20)13-11(16)5-10(15)6-12(13)17;/h5-6,8-9H,2-4,7,18H2,1H3;1H. The largest absolute Gasteiger partial charge is 0.338 e. The Kier molecular flexibility index (Phi) is 6.56. The van der Waals surface area contributed by atoms with Crippen molar-refractivity contribution in [1.29, 1.82) is 0 Å². The highest BCUT2D eigenvalue weighted by molar-refractivity contribution is 9.10. The summed E-state index contributed by atoms with van der Waals surface area (Å²) in [5.74, 6) is -2.11. The van der Waals surface area contributed by atoms with Gasteiger partial charge in [0.15, 0.2) is 0 Å². The van der Waals surface area contributed by atoms with E-state index in [0.29, 0.717) is 13.1 Å². The third kappa shape index (κ3) is 4.14. The zero-order chi connectivity index (χ0) is 14.9. The van der Waals surface area contributed by atoms with Gasteiger partial charge < -0.3 is 10.6 Å². The molecule has 1 aromatic carbocycles. The lowest BCUT2D eigenvalue weighted by atomic mass is 9.92. The van der Waals surface area contributed by atoms with E-state index < -0.39 is 23.1 Å². The fourth-order valence-corrected chi connectivity index (χ4v) is 2.93. The molecule has 0 aromatic heterocycles. The second-order valence-corrected chi connectivity index (χ2v) is 6.17. The molecule has 1 aliphatic heterocycles. The first-order chi connectivity index (χ1) is 9.40.